The van der Waals surface area contributed by atoms with Crippen LogP contribution in [0.4, 0.5) is 5.69 Å². The van der Waals surface area contributed by atoms with Crippen LogP contribution in [0.5, 0.6) is 17.2 Å². The van der Waals surface area contributed by atoms with Gasteiger partial charge in [0.15, 0.2) is 5.75 Å². The van der Waals surface area contributed by atoms with Crippen molar-refractivity contribution in [2.75, 3.05) is 25.8 Å². The summed E-state index contributed by atoms with van der Waals surface area (Å²) in [5, 5.41) is 14.8. The van der Waals surface area contributed by atoms with Gasteiger partial charge in [0.1, 0.15) is 17.8 Å². The van der Waals surface area contributed by atoms with Crippen LogP contribution in [0.2, 0.25) is 10.0 Å². The molecule has 0 aliphatic carbocycles. The monoisotopic (exact) mass is 441 g/mol. The lowest BCUT2D eigenvalue weighted by molar-refractivity contribution is 0.278. The molecule has 0 spiro atoms. The highest BCUT2D eigenvalue weighted by atomic mass is 35.5. The zero-order chi connectivity index (χ0) is 20.3. The van der Waals surface area contributed by atoms with E-state index in [0.717, 1.165) is 5.39 Å². The highest BCUT2D eigenvalue weighted by molar-refractivity contribution is 7.53. The van der Waals surface area contributed by atoms with Crippen molar-refractivity contribution >= 4 is 47.3 Å². The largest absolute Gasteiger partial charge is 0.507 e. The number of phenolic OH excluding ortho intramolecular Hbond substituents is 1. The van der Waals surface area contributed by atoms with E-state index in [4.69, 9.17) is 37.0 Å². The number of halogens is 2. The van der Waals surface area contributed by atoms with Gasteiger partial charge in [-0.3, -0.25) is 4.57 Å². The van der Waals surface area contributed by atoms with Crippen molar-refractivity contribution in [2.24, 2.45) is 0 Å². The molecule has 0 unspecified atom stereocenters. The second-order valence-corrected chi connectivity index (χ2v) is 8.89. The zero-order valence-electron chi connectivity index (χ0n) is 15.1. The lowest BCUT2D eigenvalue weighted by Gasteiger charge is -2.17. The lowest BCUT2D eigenvalue weighted by atomic mass is 10.1. The number of hydrogen-bond acceptors (Lipinski definition) is 6. The minimum Gasteiger partial charge on any atom is -0.507 e. The molecule has 2 N–H and O–H groups in total. The van der Waals surface area contributed by atoms with E-state index in [2.05, 4.69) is 5.32 Å². The van der Waals surface area contributed by atoms with E-state index in [1.54, 1.807) is 30.3 Å². The SMILES string of the molecule is COP(=O)(CNc1cc(Cl)c(Oc2ccc(O)c3ccccc23)c(Cl)c1)OC. The van der Waals surface area contributed by atoms with Gasteiger partial charge in [-0.05, 0) is 24.3 Å². The van der Waals surface area contributed by atoms with Crippen LogP contribution in [0.1, 0.15) is 0 Å². The Labute approximate surface area is 172 Å². The maximum atomic E-state index is 12.1. The van der Waals surface area contributed by atoms with Gasteiger partial charge in [0.25, 0.3) is 0 Å². The Kier molecular flexibility index (Phi) is 6.38. The molecule has 3 aromatic carbocycles. The predicted molar refractivity (Wildman–Crippen MR) is 112 cm³/mol. The number of hydrogen-bond donors (Lipinski definition) is 2. The summed E-state index contributed by atoms with van der Waals surface area (Å²) < 4.78 is 27.8. The number of aromatic hydroxyl groups is 1. The summed E-state index contributed by atoms with van der Waals surface area (Å²) in [6, 6.07) is 13.7. The Hall–Kier alpha value is -1.95. The quantitative estimate of drug-likeness (QED) is 0.407. The van der Waals surface area contributed by atoms with Crippen LogP contribution in [-0.4, -0.2) is 25.6 Å². The van der Waals surface area contributed by atoms with E-state index in [1.807, 2.05) is 18.2 Å². The fourth-order valence-electron chi connectivity index (χ4n) is 2.61. The molecule has 28 heavy (non-hydrogen) atoms. The summed E-state index contributed by atoms with van der Waals surface area (Å²) in [6.45, 7) is 0. The van der Waals surface area contributed by atoms with Crippen LogP contribution in [0, 0.1) is 0 Å². The molecule has 3 rings (SSSR count). The molecule has 0 saturated carbocycles. The molecule has 0 amide bonds. The molecule has 0 saturated heterocycles. The smallest absolute Gasteiger partial charge is 0.349 e. The second kappa shape index (κ2) is 8.60. The number of anilines is 1. The average molecular weight is 442 g/mol. The molecule has 0 aliphatic heterocycles. The Morgan fingerprint density at radius 3 is 2.21 bits per heavy atom. The van der Waals surface area contributed by atoms with Crippen LogP contribution >= 0.6 is 30.8 Å². The Morgan fingerprint density at radius 2 is 1.61 bits per heavy atom. The third-order valence-corrected chi connectivity index (χ3v) is 6.32. The van der Waals surface area contributed by atoms with Gasteiger partial charge >= 0.3 is 7.60 Å². The molecule has 0 atom stereocenters. The number of benzene rings is 3. The second-order valence-electron chi connectivity index (χ2n) is 5.81. The van der Waals surface area contributed by atoms with Gasteiger partial charge in [0, 0.05) is 30.7 Å². The summed E-state index contributed by atoms with van der Waals surface area (Å²) in [4.78, 5) is 0. The minimum absolute atomic E-state index is 0.0462. The summed E-state index contributed by atoms with van der Waals surface area (Å²) in [7, 11) is -0.607. The molecular weight excluding hydrogens is 424 g/mol. The van der Waals surface area contributed by atoms with Crippen molar-refractivity contribution in [1.82, 2.24) is 0 Å². The Balaban J connectivity index is 1.89. The van der Waals surface area contributed by atoms with Crippen molar-refractivity contribution in [3.8, 4) is 17.2 Å². The maximum absolute atomic E-state index is 12.1. The van der Waals surface area contributed by atoms with E-state index in [-0.39, 0.29) is 27.8 Å². The van der Waals surface area contributed by atoms with E-state index in [0.29, 0.717) is 16.8 Å². The Morgan fingerprint density at radius 1 is 1.00 bits per heavy atom. The highest BCUT2D eigenvalue weighted by Gasteiger charge is 2.21. The molecule has 0 aliphatic rings. The molecule has 0 fully saturated rings. The Bertz CT molecular complexity index is 1030. The van der Waals surface area contributed by atoms with Gasteiger partial charge < -0.3 is 24.2 Å². The first-order chi connectivity index (χ1) is 13.4. The molecule has 0 radical (unpaired) electrons. The number of fused-ring (bicyclic) bond motifs is 1. The molecule has 9 heteroatoms. The predicted octanol–water partition coefficient (Wildman–Crippen LogP) is 6.50. The summed E-state index contributed by atoms with van der Waals surface area (Å²) in [5.74, 6) is 0.924. The molecule has 148 valence electrons. The highest BCUT2D eigenvalue weighted by Crippen LogP contribution is 2.47. The van der Waals surface area contributed by atoms with Crippen molar-refractivity contribution < 1.29 is 23.5 Å². The molecule has 0 bridgehead atoms. The topological polar surface area (TPSA) is 77.0 Å². The number of ether oxygens (including phenoxy) is 1. The van der Waals surface area contributed by atoms with Crippen molar-refractivity contribution in [3.63, 3.8) is 0 Å². The molecule has 0 aromatic heterocycles. The van der Waals surface area contributed by atoms with Crippen LogP contribution in [0.15, 0.2) is 48.5 Å². The van der Waals surface area contributed by atoms with Gasteiger partial charge in [-0.15, -0.1) is 0 Å². The minimum atomic E-state index is -3.23. The van der Waals surface area contributed by atoms with Gasteiger partial charge in [-0.25, -0.2) is 0 Å². The van der Waals surface area contributed by atoms with E-state index >= 15 is 0 Å². The van der Waals surface area contributed by atoms with Crippen LogP contribution in [0.3, 0.4) is 0 Å². The third kappa shape index (κ3) is 4.37. The molecule has 0 heterocycles. The normalized spacial score (nSPS) is 11.6. The summed E-state index contributed by atoms with van der Waals surface area (Å²) in [6.07, 6.45) is -0.0462. The zero-order valence-corrected chi connectivity index (χ0v) is 17.5. The van der Waals surface area contributed by atoms with E-state index in [9.17, 15) is 9.67 Å². The summed E-state index contributed by atoms with van der Waals surface area (Å²) in [5.41, 5.74) is 0.534. The molecule has 6 nitrogen and oxygen atoms in total. The van der Waals surface area contributed by atoms with Crippen LogP contribution in [0.25, 0.3) is 10.8 Å². The van der Waals surface area contributed by atoms with Gasteiger partial charge in [-0.1, -0.05) is 47.5 Å². The van der Waals surface area contributed by atoms with Gasteiger partial charge in [0.05, 0.1) is 10.0 Å². The molecule has 3 aromatic rings. The van der Waals surface area contributed by atoms with Gasteiger partial charge in [0.2, 0.25) is 0 Å². The van der Waals surface area contributed by atoms with Gasteiger partial charge in [-0.2, -0.15) is 0 Å². The third-order valence-electron chi connectivity index (χ3n) is 4.10. The first-order valence-electron chi connectivity index (χ1n) is 8.19. The fraction of sp³-hybridized carbons (Fsp3) is 0.158. The average Bonchev–Trinajstić information content (AvgIpc) is 2.70. The first kappa shape index (κ1) is 20.8. The standard InChI is InChI=1S/C19H18Cl2NO5P/c1-25-28(24,26-2)11-22-12-9-15(20)19(16(21)10-12)27-18-8-7-17(23)13-5-3-4-6-14(13)18/h3-10,22-23H,11H2,1-2H3. The van der Waals surface area contributed by atoms with Crippen LogP contribution in [-0.2, 0) is 13.6 Å². The fourth-order valence-corrected chi connectivity index (χ4v) is 3.95. The summed E-state index contributed by atoms with van der Waals surface area (Å²) >= 11 is 12.7. The number of nitrogens with one attached hydrogen (secondary N) is 1. The molecular formula is C19H18Cl2NO5P. The first-order valence-corrected chi connectivity index (χ1v) is 10.7. The van der Waals surface area contributed by atoms with Crippen LogP contribution < -0.4 is 10.1 Å². The van der Waals surface area contributed by atoms with E-state index < -0.39 is 7.60 Å². The number of rotatable bonds is 7. The van der Waals surface area contributed by atoms with Crippen molar-refractivity contribution in [2.45, 2.75) is 0 Å². The van der Waals surface area contributed by atoms with E-state index in [1.165, 1.54) is 14.2 Å². The lowest BCUT2D eigenvalue weighted by Crippen LogP contribution is -2.05. The number of phenols is 1. The maximum Gasteiger partial charge on any atom is 0.349 e. The van der Waals surface area contributed by atoms with Crippen molar-refractivity contribution in [3.05, 3.63) is 58.6 Å². The van der Waals surface area contributed by atoms with Crippen molar-refractivity contribution in [1.29, 1.82) is 0 Å².